The predicted octanol–water partition coefficient (Wildman–Crippen LogP) is 8.54. The smallest absolute Gasteiger partial charge is 0.457 e. The van der Waals surface area contributed by atoms with Gasteiger partial charge in [0.25, 0.3) is 0 Å². The number of carbonyl (C=O) groups is 1. The predicted molar refractivity (Wildman–Crippen MR) is 173 cm³/mol. The minimum atomic E-state index is -4.25. The zero-order valence-electron chi connectivity index (χ0n) is 27.7. The number of rotatable bonds is 30. The van der Waals surface area contributed by atoms with Gasteiger partial charge in [-0.3, -0.25) is 13.8 Å². The van der Waals surface area contributed by atoms with Crippen molar-refractivity contribution >= 4 is 13.8 Å². The number of esters is 1. The minimum absolute atomic E-state index is 0.0870. The van der Waals surface area contributed by atoms with E-state index in [1.807, 2.05) is 21.1 Å². The van der Waals surface area contributed by atoms with E-state index in [1.54, 1.807) is 0 Å². The van der Waals surface area contributed by atoms with Crippen LogP contribution in [0.3, 0.4) is 0 Å². The Hall–Kier alpha value is -1.02. The number of hydrogen-bond donors (Lipinski definition) is 1. The van der Waals surface area contributed by atoms with Gasteiger partial charge < -0.3 is 18.9 Å². The maximum atomic E-state index is 12.4. The van der Waals surface area contributed by atoms with Crippen LogP contribution in [0, 0.1) is 0 Å². The third-order valence-electron chi connectivity index (χ3n) is 6.75. The molecule has 0 aromatic carbocycles. The first kappa shape index (κ1) is 41.0. The van der Waals surface area contributed by atoms with Crippen molar-refractivity contribution in [1.29, 1.82) is 0 Å². The number of likely N-dealkylation sites (N-methyl/N-ethyl adjacent to an activating group) is 1. The Morgan fingerprint density at radius 1 is 0.738 bits per heavy atom. The van der Waals surface area contributed by atoms with Crippen LogP contribution in [0.15, 0.2) is 24.3 Å². The molecule has 0 aromatic rings. The van der Waals surface area contributed by atoms with E-state index in [0.29, 0.717) is 24.1 Å². The highest BCUT2D eigenvalue weighted by atomic mass is 31.2. The molecule has 42 heavy (non-hydrogen) atoms. The van der Waals surface area contributed by atoms with Crippen molar-refractivity contribution in [2.75, 3.05) is 54.1 Å². The maximum absolute atomic E-state index is 12.4. The van der Waals surface area contributed by atoms with Gasteiger partial charge in [-0.25, -0.2) is 4.57 Å². The molecule has 0 rings (SSSR count). The molecule has 0 aromatic heterocycles. The number of quaternary nitrogens is 1. The summed E-state index contributed by atoms with van der Waals surface area (Å²) in [6, 6.07) is 0. The number of allylic oxidation sites excluding steroid dienone is 4. The zero-order chi connectivity index (χ0) is 31.4. The number of nitrogens with zero attached hydrogens (tertiary/aromatic N) is 1. The molecule has 0 aliphatic rings. The third kappa shape index (κ3) is 30.4. The van der Waals surface area contributed by atoms with Crippen LogP contribution in [-0.2, 0) is 27.9 Å². The summed E-state index contributed by atoms with van der Waals surface area (Å²) < 4.78 is 34.5. The SMILES string of the molecule is CCC/C=C\C/C=C\CCCCCCCCOCC(COP(=O)(O)OCC[N+](C)(C)C)OC(=O)CCCCCCCC. The molecule has 1 N–H and O–H groups in total. The van der Waals surface area contributed by atoms with Crippen LogP contribution in [0.5, 0.6) is 0 Å². The molecular formula is C33H65NO7P+. The van der Waals surface area contributed by atoms with Gasteiger partial charge in [-0.1, -0.05) is 102 Å². The minimum Gasteiger partial charge on any atom is -0.457 e. The third-order valence-corrected chi connectivity index (χ3v) is 7.73. The van der Waals surface area contributed by atoms with Crippen LogP contribution in [0.25, 0.3) is 0 Å². The topological polar surface area (TPSA) is 91.3 Å². The Morgan fingerprint density at radius 2 is 1.36 bits per heavy atom. The standard InChI is InChI=1S/C33H64NO7P/c1-6-8-10-12-14-15-16-17-18-19-20-21-23-25-28-38-30-32(41-33(35)26-24-22-13-11-9-7-2)31-40-42(36,37)39-29-27-34(3,4)5/h10,12,15-16,32H,6-9,11,13-14,17-31H2,1-5H3/p+1/b12-10-,16-15-. The lowest BCUT2D eigenvalue weighted by Crippen LogP contribution is -2.37. The van der Waals surface area contributed by atoms with Gasteiger partial charge in [0, 0.05) is 13.0 Å². The van der Waals surface area contributed by atoms with Crippen LogP contribution in [0.1, 0.15) is 123 Å². The highest BCUT2D eigenvalue weighted by molar-refractivity contribution is 7.47. The number of hydrogen-bond acceptors (Lipinski definition) is 6. The maximum Gasteiger partial charge on any atom is 0.472 e. The van der Waals surface area contributed by atoms with Crippen LogP contribution >= 0.6 is 7.82 Å². The quantitative estimate of drug-likeness (QED) is 0.0284. The van der Waals surface area contributed by atoms with Crippen LogP contribution in [-0.4, -0.2) is 75.6 Å². The lowest BCUT2D eigenvalue weighted by atomic mass is 10.1. The fourth-order valence-corrected chi connectivity index (χ4v) is 4.86. The Bertz CT molecular complexity index is 736. The molecular weight excluding hydrogens is 553 g/mol. The molecule has 8 nitrogen and oxygen atoms in total. The van der Waals surface area contributed by atoms with Crippen molar-refractivity contribution in [2.24, 2.45) is 0 Å². The fourth-order valence-electron chi connectivity index (χ4n) is 4.12. The van der Waals surface area contributed by atoms with E-state index in [-0.39, 0.29) is 25.8 Å². The molecule has 0 spiro atoms. The van der Waals surface area contributed by atoms with Gasteiger partial charge in [-0.15, -0.1) is 0 Å². The second-order valence-electron chi connectivity index (χ2n) is 12.2. The zero-order valence-corrected chi connectivity index (χ0v) is 28.6. The van der Waals surface area contributed by atoms with Gasteiger partial charge in [0.15, 0.2) is 0 Å². The van der Waals surface area contributed by atoms with E-state index in [4.69, 9.17) is 18.5 Å². The van der Waals surface area contributed by atoms with Crippen molar-refractivity contribution in [3.8, 4) is 0 Å². The van der Waals surface area contributed by atoms with Gasteiger partial charge >= 0.3 is 13.8 Å². The summed E-state index contributed by atoms with van der Waals surface area (Å²) in [5, 5.41) is 0. The number of phosphoric acid groups is 1. The number of phosphoric ester groups is 1. The Balaban J connectivity index is 4.29. The average molecular weight is 619 g/mol. The van der Waals surface area contributed by atoms with Gasteiger partial charge in [0.05, 0.1) is 34.4 Å². The summed E-state index contributed by atoms with van der Waals surface area (Å²) in [5.74, 6) is -0.329. The largest absolute Gasteiger partial charge is 0.472 e. The van der Waals surface area contributed by atoms with Gasteiger partial charge in [0.1, 0.15) is 19.3 Å². The molecule has 0 saturated carbocycles. The van der Waals surface area contributed by atoms with Gasteiger partial charge in [0.2, 0.25) is 0 Å². The summed E-state index contributed by atoms with van der Waals surface area (Å²) in [7, 11) is 1.65. The molecule has 0 aliphatic heterocycles. The summed E-state index contributed by atoms with van der Waals surface area (Å²) in [6.07, 6.45) is 26.5. The summed E-state index contributed by atoms with van der Waals surface area (Å²) in [5.41, 5.74) is 0. The highest BCUT2D eigenvalue weighted by Gasteiger charge is 2.26. The molecule has 9 heteroatoms. The average Bonchev–Trinajstić information content (AvgIpc) is 2.92. The number of ether oxygens (including phenoxy) is 2. The van der Waals surface area contributed by atoms with E-state index in [2.05, 4.69) is 38.2 Å². The lowest BCUT2D eigenvalue weighted by Gasteiger charge is -2.24. The normalized spacial score (nSPS) is 14.5. The Morgan fingerprint density at radius 3 is 2.02 bits per heavy atom. The second-order valence-corrected chi connectivity index (χ2v) is 13.6. The molecule has 0 heterocycles. The van der Waals surface area contributed by atoms with E-state index < -0.39 is 13.9 Å². The fraction of sp³-hybridized carbons (Fsp3) is 0.848. The van der Waals surface area contributed by atoms with E-state index in [0.717, 1.165) is 44.9 Å². The molecule has 0 bridgehead atoms. The van der Waals surface area contributed by atoms with Gasteiger partial charge in [-0.2, -0.15) is 0 Å². The van der Waals surface area contributed by atoms with Crippen molar-refractivity contribution in [3.63, 3.8) is 0 Å². The van der Waals surface area contributed by atoms with Crippen LogP contribution in [0.4, 0.5) is 0 Å². The first-order valence-electron chi connectivity index (χ1n) is 16.6. The van der Waals surface area contributed by atoms with Crippen molar-refractivity contribution in [3.05, 3.63) is 24.3 Å². The molecule has 2 unspecified atom stereocenters. The molecule has 0 radical (unpaired) electrons. The summed E-state index contributed by atoms with van der Waals surface area (Å²) >= 11 is 0. The van der Waals surface area contributed by atoms with E-state index in [9.17, 15) is 14.3 Å². The first-order chi connectivity index (χ1) is 20.1. The molecule has 2 atom stereocenters. The second kappa shape index (κ2) is 27.5. The monoisotopic (exact) mass is 618 g/mol. The van der Waals surface area contributed by atoms with Gasteiger partial charge in [-0.05, 0) is 38.5 Å². The van der Waals surface area contributed by atoms with Crippen LogP contribution < -0.4 is 0 Å². The lowest BCUT2D eigenvalue weighted by molar-refractivity contribution is -0.870. The Labute approximate surface area is 258 Å². The highest BCUT2D eigenvalue weighted by Crippen LogP contribution is 2.43. The molecule has 0 fully saturated rings. The molecule has 248 valence electrons. The van der Waals surface area contributed by atoms with Crippen molar-refractivity contribution < 1.29 is 37.3 Å². The van der Waals surface area contributed by atoms with E-state index >= 15 is 0 Å². The molecule has 0 saturated heterocycles. The van der Waals surface area contributed by atoms with Crippen molar-refractivity contribution in [1.82, 2.24) is 0 Å². The van der Waals surface area contributed by atoms with E-state index in [1.165, 1.54) is 57.8 Å². The first-order valence-corrected chi connectivity index (χ1v) is 18.1. The number of unbranched alkanes of at least 4 members (excludes halogenated alkanes) is 12. The molecule has 0 aliphatic carbocycles. The van der Waals surface area contributed by atoms with Crippen LogP contribution in [0.2, 0.25) is 0 Å². The van der Waals surface area contributed by atoms with Crippen molar-refractivity contribution in [2.45, 2.75) is 129 Å². The Kier molecular flexibility index (Phi) is 26.9. The number of carbonyl (C=O) groups excluding carboxylic acids is 1. The molecule has 0 amide bonds. The summed E-state index contributed by atoms with van der Waals surface area (Å²) in [6.45, 7) is 5.45. The summed E-state index contributed by atoms with van der Waals surface area (Å²) in [4.78, 5) is 22.5.